The molecule has 2 N–H and O–H groups in total. The van der Waals surface area contributed by atoms with Crippen molar-refractivity contribution < 1.29 is 9.21 Å². The molecule has 0 radical (unpaired) electrons. The Labute approximate surface area is 108 Å². The summed E-state index contributed by atoms with van der Waals surface area (Å²) < 4.78 is 5.00. The van der Waals surface area contributed by atoms with E-state index in [9.17, 15) is 4.79 Å². The van der Waals surface area contributed by atoms with Gasteiger partial charge in [0.05, 0.1) is 18.0 Å². The molecular formula is C14H11N3O2. The first-order valence-electron chi connectivity index (χ1n) is 5.77. The highest BCUT2D eigenvalue weighted by Gasteiger charge is 2.03. The quantitative estimate of drug-likeness (QED) is 0.554. The molecule has 0 aliphatic heterocycles. The van der Waals surface area contributed by atoms with Crippen LogP contribution in [0, 0.1) is 0 Å². The number of hydrogen-bond acceptors (Lipinski definition) is 4. The molecule has 0 amide bonds. The van der Waals surface area contributed by atoms with Gasteiger partial charge in [-0.05, 0) is 30.3 Å². The average molecular weight is 253 g/mol. The molecule has 0 unspecified atom stereocenters. The Morgan fingerprint density at radius 1 is 1.37 bits per heavy atom. The van der Waals surface area contributed by atoms with Crippen LogP contribution in [-0.2, 0) is 0 Å². The maximum atomic E-state index is 11.6. The van der Waals surface area contributed by atoms with Crippen molar-refractivity contribution in [2.75, 3.05) is 5.32 Å². The van der Waals surface area contributed by atoms with Crippen molar-refractivity contribution in [2.45, 2.75) is 0 Å². The summed E-state index contributed by atoms with van der Waals surface area (Å²) in [5, 5.41) is 10.9. The summed E-state index contributed by atoms with van der Waals surface area (Å²) in [6.07, 6.45) is 6.24. The smallest absolute Gasteiger partial charge is 0.222 e. The average Bonchev–Trinajstić information content (AvgIpc) is 3.09. The van der Waals surface area contributed by atoms with Gasteiger partial charge >= 0.3 is 0 Å². The zero-order valence-electron chi connectivity index (χ0n) is 9.96. The third kappa shape index (κ3) is 2.40. The minimum atomic E-state index is -0.179. The van der Waals surface area contributed by atoms with Crippen LogP contribution >= 0.6 is 0 Å². The zero-order valence-corrected chi connectivity index (χ0v) is 9.96. The van der Waals surface area contributed by atoms with Crippen molar-refractivity contribution in [1.82, 2.24) is 10.2 Å². The van der Waals surface area contributed by atoms with Crippen LogP contribution in [0.15, 0.2) is 59.5 Å². The van der Waals surface area contributed by atoms with E-state index < -0.39 is 0 Å². The standard InChI is InChI=1S/C14H11N3O2/c18-13(14-2-1-7-19-14)5-6-15-11-3-4-12-10(8-11)9-16-17-12/h1-9,15H,(H,16,17)/b6-5-. The number of nitrogens with one attached hydrogen (secondary N) is 2. The van der Waals surface area contributed by atoms with Gasteiger partial charge in [0.2, 0.25) is 5.78 Å². The SMILES string of the molecule is O=C(/C=C\Nc1ccc2[nH]ncc2c1)c1ccco1. The molecule has 3 aromatic rings. The summed E-state index contributed by atoms with van der Waals surface area (Å²) in [6.45, 7) is 0. The number of aromatic nitrogens is 2. The molecule has 5 heteroatoms. The second-order valence-electron chi connectivity index (χ2n) is 3.99. The van der Waals surface area contributed by atoms with Crippen LogP contribution in [0.3, 0.4) is 0 Å². The number of hydrogen-bond donors (Lipinski definition) is 2. The summed E-state index contributed by atoms with van der Waals surface area (Å²) in [4.78, 5) is 11.6. The fraction of sp³-hybridized carbons (Fsp3) is 0. The Hall–Kier alpha value is -2.82. The second kappa shape index (κ2) is 4.81. The Balaban J connectivity index is 1.70. The molecule has 3 rings (SSSR count). The van der Waals surface area contributed by atoms with Gasteiger partial charge in [-0.25, -0.2) is 0 Å². The molecule has 0 spiro atoms. The maximum Gasteiger partial charge on any atom is 0.222 e. The van der Waals surface area contributed by atoms with E-state index in [0.717, 1.165) is 16.6 Å². The molecule has 1 aromatic carbocycles. The van der Waals surface area contributed by atoms with Gasteiger partial charge in [-0.1, -0.05) is 0 Å². The van der Waals surface area contributed by atoms with E-state index in [1.807, 2.05) is 18.2 Å². The van der Waals surface area contributed by atoms with E-state index in [0.29, 0.717) is 5.76 Å². The molecule has 2 aromatic heterocycles. The predicted octanol–water partition coefficient (Wildman–Crippen LogP) is 2.96. The Kier molecular flexibility index (Phi) is 2.86. The second-order valence-corrected chi connectivity index (χ2v) is 3.99. The molecular weight excluding hydrogens is 242 g/mol. The van der Waals surface area contributed by atoms with E-state index in [4.69, 9.17) is 4.42 Å². The van der Waals surface area contributed by atoms with Crippen molar-refractivity contribution >= 4 is 22.4 Å². The van der Waals surface area contributed by atoms with Crippen molar-refractivity contribution in [2.24, 2.45) is 0 Å². The fourth-order valence-corrected chi connectivity index (χ4v) is 1.75. The lowest BCUT2D eigenvalue weighted by molar-refractivity contribution is 0.102. The van der Waals surface area contributed by atoms with Crippen LogP contribution < -0.4 is 5.32 Å². The monoisotopic (exact) mass is 253 g/mol. The van der Waals surface area contributed by atoms with Crippen molar-refractivity contribution in [3.8, 4) is 0 Å². The summed E-state index contributed by atoms with van der Waals surface area (Å²) in [7, 11) is 0. The predicted molar refractivity (Wildman–Crippen MR) is 71.9 cm³/mol. The lowest BCUT2D eigenvalue weighted by Crippen LogP contribution is -1.94. The van der Waals surface area contributed by atoms with E-state index in [1.54, 1.807) is 24.5 Å². The van der Waals surface area contributed by atoms with Gasteiger partial charge in [0, 0.05) is 23.3 Å². The number of carbonyl (C=O) groups excluding carboxylic acids is 1. The molecule has 5 nitrogen and oxygen atoms in total. The maximum absolute atomic E-state index is 11.6. The minimum Gasteiger partial charge on any atom is -0.461 e. The van der Waals surface area contributed by atoms with E-state index >= 15 is 0 Å². The van der Waals surface area contributed by atoms with Crippen molar-refractivity contribution in [3.63, 3.8) is 0 Å². The number of H-pyrrole nitrogens is 1. The third-order valence-corrected chi connectivity index (χ3v) is 2.69. The molecule has 0 saturated carbocycles. The van der Waals surface area contributed by atoms with E-state index in [-0.39, 0.29) is 5.78 Å². The number of aromatic amines is 1. The van der Waals surface area contributed by atoms with Gasteiger partial charge in [0.25, 0.3) is 0 Å². The Morgan fingerprint density at radius 3 is 3.16 bits per heavy atom. The molecule has 94 valence electrons. The number of rotatable bonds is 4. The summed E-state index contributed by atoms with van der Waals surface area (Å²) in [5.41, 5.74) is 1.86. The molecule has 0 aliphatic carbocycles. The lowest BCUT2D eigenvalue weighted by atomic mass is 10.2. The summed E-state index contributed by atoms with van der Waals surface area (Å²) in [5.74, 6) is 0.144. The number of ketones is 1. The summed E-state index contributed by atoms with van der Waals surface area (Å²) >= 11 is 0. The van der Waals surface area contributed by atoms with Crippen LogP contribution in [0.25, 0.3) is 10.9 Å². The number of benzene rings is 1. The van der Waals surface area contributed by atoms with Gasteiger partial charge in [0.1, 0.15) is 0 Å². The zero-order chi connectivity index (χ0) is 13.1. The van der Waals surface area contributed by atoms with Gasteiger partial charge in [-0.15, -0.1) is 0 Å². The molecule has 0 fully saturated rings. The molecule has 0 aliphatic rings. The minimum absolute atomic E-state index is 0.179. The van der Waals surface area contributed by atoms with Gasteiger partial charge < -0.3 is 9.73 Å². The fourth-order valence-electron chi connectivity index (χ4n) is 1.75. The van der Waals surface area contributed by atoms with Crippen molar-refractivity contribution in [1.29, 1.82) is 0 Å². The van der Waals surface area contributed by atoms with E-state index in [1.165, 1.54) is 12.3 Å². The van der Waals surface area contributed by atoms with Crippen molar-refractivity contribution in [3.05, 3.63) is 60.8 Å². The van der Waals surface area contributed by atoms with Crippen LogP contribution in [0.4, 0.5) is 5.69 Å². The highest BCUT2D eigenvalue weighted by molar-refractivity contribution is 6.02. The first-order valence-corrected chi connectivity index (χ1v) is 5.77. The topological polar surface area (TPSA) is 70.9 Å². The van der Waals surface area contributed by atoms with Gasteiger partial charge in [0.15, 0.2) is 5.76 Å². The normalized spacial score (nSPS) is 11.2. The van der Waals surface area contributed by atoms with Crippen LogP contribution in [0.1, 0.15) is 10.6 Å². The van der Waals surface area contributed by atoms with E-state index in [2.05, 4.69) is 15.5 Å². The third-order valence-electron chi connectivity index (χ3n) is 2.69. The number of allylic oxidation sites excluding steroid dienone is 1. The summed E-state index contributed by atoms with van der Waals surface area (Å²) in [6, 6.07) is 9.08. The van der Waals surface area contributed by atoms with Gasteiger partial charge in [-0.2, -0.15) is 5.10 Å². The van der Waals surface area contributed by atoms with Crippen LogP contribution in [0.2, 0.25) is 0 Å². The Morgan fingerprint density at radius 2 is 2.32 bits per heavy atom. The molecule has 0 bridgehead atoms. The molecule has 0 atom stereocenters. The highest BCUT2D eigenvalue weighted by Crippen LogP contribution is 2.16. The first kappa shape index (κ1) is 11.3. The number of nitrogens with zero attached hydrogens (tertiary/aromatic N) is 1. The lowest BCUT2D eigenvalue weighted by Gasteiger charge is -1.99. The van der Waals surface area contributed by atoms with Crippen LogP contribution in [0.5, 0.6) is 0 Å². The number of anilines is 1. The molecule has 0 saturated heterocycles. The van der Waals surface area contributed by atoms with Crippen LogP contribution in [-0.4, -0.2) is 16.0 Å². The number of fused-ring (bicyclic) bond motifs is 1. The number of furan rings is 1. The molecule has 19 heavy (non-hydrogen) atoms. The highest BCUT2D eigenvalue weighted by atomic mass is 16.3. The largest absolute Gasteiger partial charge is 0.461 e. The first-order chi connectivity index (χ1) is 9.33. The molecule has 2 heterocycles. The number of carbonyl (C=O) groups is 1. The Bertz CT molecular complexity index is 726. The van der Waals surface area contributed by atoms with Gasteiger partial charge in [-0.3, -0.25) is 9.89 Å².